The average Bonchev–Trinajstić information content (AvgIpc) is 2.00. The zero-order chi connectivity index (χ0) is 9.56. The Bertz CT molecular complexity index is 136. The lowest BCUT2D eigenvalue weighted by atomic mass is 9.97. The highest BCUT2D eigenvalue weighted by Crippen LogP contribution is 2.12. The first-order chi connectivity index (χ1) is 5.57. The Morgan fingerprint density at radius 2 is 2.17 bits per heavy atom. The summed E-state index contributed by atoms with van der Waals surface area (Å²) < 4.78 is 0. The van der Waals surface area contributed by atoms with Gasteiger partial charge in [0.05, 0.1) is 0 Å². The fraction of sp³-hybridized carbons (Fsp3) is 0.889. The molecule has 0 aliphatic carbocycles. The number of hydrogen-bond acceptors (Lipinski definition) is 2. The Balaban J connectivity index is 3.53. The third-order valence-electron chi connectivity index (χ3n) is 2.02. The van der Waals surface area contributed by atoms with E-state index in [2.05, 4.69) is 13.8 Å². The van der Waals surface area contributed by atoms with Gasteiger partial charge in [-0.15, -0.1) is 0 Å². The van der Waals surface area contributed by atoms with Gasteiger partial charge >= 0.3 is 5.97 Å². The maximum atomic E-state index is 10.4. The zero-order valence-corrected chi connectivity index (χ0v) is 7.92. The average molecular weight is 173 g/mol. The van der Waals surface area contributed by atoms with Crippen molar-refractivity contribution in [3.8, 4) is 0 Å². The van der Waals surface area contributed by atoms with E-state index in [1.807, 2.05) is 0 Å². The molecule has 0 aromatic rings. The number of unbranched alkanes of at least 4 members (excludes halogenated alkanes) is 1. The summed E-state index contributed by atoms with van der Waals surface area (Å²) in [5.41, 5.74) is 5.39. The molecule has 0 saturated carbocycles. The minimum absolute atomic E-state index is 0.427. The highest BCUT2D eigenvalue weighted by molar-refractivity contribution is 5.72. The van der Waals surface area contributed by atoms with Crippen LogP contribution in [0.2, 0.25) is 0 Å². The summed E-state index contributed by atoms with van der Waals surface area (Å²) in [5, 5.41) is 8.53. The molecule has 0 bridgehead atoms. The lowest BCUT2D eigenvalue weighted by Gasteiger charge is -2.13. The molecule has 2 atom stereocenters. The molecule has 0 aliphatic rings. The second-order valence-corrected chi connectivity index (χ2v) is 3.43. The van der Waals surface area contributed by atoms with Crippen molar-refractivity contribution in [2.45, 2.75) is 45.6 Å². The van der Waals surface area contributed by atoms with Crippen LogP contribution in [0.5, 0.6) is 0 Å². The van der Waals surface area contributed by atoms with E-state index < -0.39 is 12.0 Å². The number of hydrogen-bond donors (Lipinski definition) is 2. The topological polar surface area (TPSA) is 63.3 Å². The Hall–Kier alpha value is -0.570. The van der Waals surface area contributed by atoms with E-state index >= 15 is 0 Å². The summed E-state index contributed by atoms with van der Waals surface area (Å²) in [4.78, 5) is 10.4. The molecule has 72 valence electrons. The Labute approximate surface area is 74.0 Å². The number of carboxylic acid groups (broad SMARTS) is 1. The van der Waals surface area contributed by atoms with Crippen molar-refractivity contribution in [1.82, 2.24) is 0 Å². The van der Waals surface area contributed by atoms with Gasteiger partial charge in [0.25, 0.3) is 0 Å². The highest BCUT2D eigenvalue weighted by atomic mass is 16.4. The van der Waals surface area contributed by atoms with E-state index in [9.17, 15) is 4.79 Å². The van der Waals surface area contributed by atoms with E-state index in [1.54, 1.807) is 0 Å². The van der Waals surface area contributed by atoms with Crippen molar-refractivity contribution in [1.29, 1.82) is 0 Å². The smallest absolute Gasteiger partial charge is 0.320 e. The monoisotopic (exact) mass is 173 g/mol. The van der Waals surface area contributed by atoms with Crippen LogP contribution in [0.25, 0.3) is 0 Å². The fourth-order valence-electron chi connectivity index (χ4n) is 1.20. The summed E-state index contributed by atoms with van der Waals surface area (Å²) in [6.45, 7) is 4.18. The molecule has 0 saturated heterocycles. The van der Waals surface area contributed by atoms with Crippen LogP contribution in [0.1, 0.15) is 39.5 Å². The fourth-order valence-corrected chi connectivity index (χ4v) is 1.20. The summed E-state index contributed by atoms with van der Waals surface area (Å²) in [7, 11) is 0. The number of carbonyl (C=O) groups is 1. The van der Waals surface area contributed by atoms with Gasteiger partial charge in [-0.05, 0) is 12.3 Å². The van der Waals surface area contributed by atoms with Crippen LogP contribution < -0.4 is 5.73 Å². The van der Waals surface area contributed by atoms with Crippen molar-refractivity contribution in [3.05, 3.63) is 0 Å². The van der Waals surface area contributed by atoms with Crippen LogP contribution in [-0.4, -0.2) is 17.1 Å². The van der Waals surface area contributed by atoms with Gasteiger partial charge in [-0.1, -0.05) is 33.1 Å². The van der Waals surface area contributed by atoms with Crippen LogP contribution in [0.15, 0.2) is 0 Å². The third-order valence-corrected chi connectivity index (χ3v) is 2.02. The first-order valence-electron chi connectivity index (χ1n) is 4.56. The minimum Gasteiger partial charge on any atom is -0.480 e. The SMILES string of the molecule is CCCCC(C)CC(N)C(=O)O. The summed E-state index contributed by atoms with van der Waals surface area (Å²) >= 11 is 0. The largest absolute Gasteiger partial charge is 0.480 e. The van der Waals surface area contributed by atoms with Crippen molar-refractivity contribution in [3.63, 3.8) is 0 Å². The van der Waals surface area contributed by atoms with E-state index in [-0.39, 0.29) is 0 Å². The van der Waals surface area contributed by atoms with Gasteiger partial charge in [0, 0.05) is 0 Å². The van der Waals surface area contributed by atoms with Crippen LogP contribution in [0, 0.1) is 5.92 Å². The highest BCUT2D eigenvalue weighted by Gasteiger charge is 2.14. The van der Waals surface area contributed by atoms with Gasteiger partial charge in [-0.3, -0.25) is 4.79 Å². The standard InChI is InChI=1S/C9H19NO2/c1-3-4-5-7(2)6-8(10)9(11)12/h7-8H,3-6,10H2,1-2H3,(H,11,12). The molecule has 3 N–H and O–H groups in total. The lowest BCUT2D eigenvalue weighted by molar-refractivity contribution is -0.138. The summed E-state index contributed by atoms with van der Waals surface area (Å²) in [5.74, 6) is -0.464. The molecular formula is C9H19NO2. The van der Waals surface area contributed by atoms with Gasteiger partial charge in [0.2, 0.25) is 0 Å². The van der Waals surface area contributed by atoms with E-state index in [0.29, 0.717) is 12.3 Å². The first kappa shape index (κ1) is 11.4. The normalized spacial score (nSPS) is 15.6. The summed E-state index contributed by atoms with van der Waals surface area (Å²) in [6.07, 6.45) is 3.99. The summed E-state index contributed by atoms with van der Waals surface area (Å²) in [6, 6.07) is -0.683. The Kier molecular flexibility index (Phi) is 5.72. The van der Waals surface area contributed by atoms with Gasteiger partial charge in [-0.2, -0.15) is 0 Å². The predicted octanol–water partition coefficient (Wildman–Crippen LogP) is 1.61. The number of rotatable bonds is 6. The zero-order valence-electron chi connectivity index (χ0n) is 7.92. The van der Waals surface area contributed by atoms with Gasteiger partial charge in [0.15, 0.2) is 0 Å². The van der Waals surface area contributed by atoms with E-state index in [0.717, 1.165) is 19.3 Å². The molecule has 0 aliphatic heterocycles. The molecular weight excluding hydrogens is 154 g/mol. The molecule has 0 rings (SSSR count). The third kappa shape index (κ3) is 5.13. The van der Waals surface area contributed by atoms with E-state index in [4.69, 9.17) is 10.8 Å². The Morgan fingerprint density at radius 3 is 2.58 bits per heavy atom. The molecule has 0 fully saturated rings. The van der Waals surface area contributed by atoms with Crippen LogP contribution in [0.4, 0.5) is 0 Å². The number of aliphatic carboxylic acids is 1. The Morgan fingerprint density at radius 1 is 1.58 bits per heavy atom. The number of carboxylic acids is 1. The number of nitrogens with two attached hydrogens (primary N) is 1. The molecule has 0 amide bonds. The molecule has 12 heavy (non-hydrogen) atoms. The molecule has 0 aromatic heterocycles. The maximum Gasteiger partial charge on any atom is 0.320 e. The molecule has 0 aromatic carbocycles. The molecule has 3 nitrogen and oxygen atoms in total. The van der Waals surface area contributed by atoms with Crippen molar-refractivity contribution in [2.24, 2.45) is 11.7 Å². The van der Waals surface area contributed by atoms with Crippen molar-refractivity contribution in [2.75, 3.05) is 0 Å². The second kappa shape index (κ2) is 6.00. The van der Waals surface area contributed by atoms with E-state index in [1.165, 1.54) is 0 Å². The van der Waals surface area contributed by atoms with Gasteiger partial charge in [-0.25, -0.2) is 0 Å². The second-order valence-electron chi connectivity index (χ2n) is 3.43. The maximum absolute atomic E-state index is 10.4. The van der Waals surface area contributed by atoms with Gasteiger partial charge in [0.1, 0.15) is 6.04 Å². The molecule has 0 heterocycles. The molecule has 2 unspecified atom stereocenters. The first-order valence-corrected chi connectivity index (χ1v) is 4.56. The predicted molar refractivity (Wildman–Crippen MR) is 48.9 cm³/mol. The van der Waals surface area contributed by atoms with Crippen molar-refractivity contribution < 1.29 is 9.90 Å². The molecule has 0 spiro atoms. The van der Waals surface area contributed by atoms with Crippen molar-refractivity contribution >= 4 is 5.97 Å². The van der Waals surface area contributed by atoms with Gasteiger partial charge < -0.3 is 10.8 Å². The van der Waals surface area contributed by atoms with Crippen LogP contribution in [0.3, 0.4) is 0 Å². The van der Waals surface area contributed by atoms with Crippen LogP contribution >= 0.6 is 0 Å². The molecule has 3 heteroatoms. The lowest BCUT2D eigenvalue weighted by Crippen LogP contribution is -2.31. The quantitative estimate of drug-likeness (QED) is 0.641. The minimum atomic E-state index is -0.890. The van der Waals surface area contributed by atoms with Crippen LogP contribution in [-0.2, 0) is 4.79 Å². The molecule has 0 radical (unpaired) electrons.